The Morgan fingerprint density at radius 2 is 1.91 bits per heavy atom. The predicted octanol–water partition coefficient (Wildman–Crippen LogP) is 3.39. The molecule has 35 heavy (non-hydrogen) atoms. The second-order valence-electron chi connectivity index (χ2n) is 7.21. The normalized spacial score (nSPS) is 11.1. The van der Waals surface area contributed by atoms with Crippen LogP contribution in [0.15, 0.2) is 75.4 Å². The van der Waals surface area contributed by atoms with E-state index < -0.39 is 29.6 Å². The van der Waals surface area contributed by atoms with Gasteiger partial charge in [0.1, 0.15) is 5.82 Å². The fourth-order valence-electron chi connectivity index (χ4n) is 3.24. The van der Waals surface area contributed by atoms with Gasteiger partial charge in [0, 0.05) is 22.3 Å². The van der Waals surface area contributed by atoms with Gasteiger partial charge in [0.25, 0.3) is 11.5 Å². The number of benzene rings is 3. The van der Waals surface area contributed by atoms with Gasteiger partial charge in [0.05, 0.1) is 24.2 Å². The van der Waals surface area contributed by atoms with Crippen molar-refractivity contribution in [3.8, 4) is 11.5 Å². The number of aromatic amines is 1. The van der Waals surface area contributed by atoms with Crippen LogP contribution in [0.1, 0.15) is 5.56 Å². The van der Waals surface area contributed by atoms with Crippen LogP contribution in [0.2, 0.25) is 5.02 Å². The second-order valence-corrected chi connectivity index (χ2v) is 7.64. The smallest absolute Gasteiger partial charge is 0.349 e. The number of methoxy groups -OCH3 is 1. The highest BCUT2D eigenvalue weighted by molar-refractivity contribution is 6.31. The Hall–Kier alpha value is -4.44. The summed E-state index contributed by atoms with van der Waals surface area (Å²) in [6.07, 6.45) is 1.20. The lowest BCUT2D eigenvalue weighted by Gasteiger charge is -2.14. The summed E-state index contributed by atoms with van der Waals surface area (Å²) >= 11 is 6.16. The molecular weight excluding hydrogens is 479 g/mol. The molecule has 0 unspecified atom stereocenters. The number of rotatable bonds is 7. The van der Waals surface area contributed by atoms with E-state index in [4.69, 9.17) is 21.1 Å². The van der Waals surface area contributed by atoms with E-state index in [-0.39, 0.29) is 27.5 Å². The molecule has 0 spiro atoms. The molecule has 0 fully saturated rings. The number of anilines is 1. The van der Waals surface area contributed by atoms with Crippen LogP contribution in [0, 0.1) is 5.82 Å². The van der Waals surface area contributed by atoms with Gasteiger partial charge < -0.3 is 19.8 Å². The number of carbonyl (C=O) groups excluding carboxylic acids is 1. The number of nitrogens with zero attached hydrogens (tertiary/aromatic N) is 2. The molecule has 1 amide bonds. The summed E-state index contributed by atoms with van der Waals surface area (Å²) in [7, 11) is 1.39. The molecule has 178 valence electrons. The van der Waals surface area contributed by atoms with Gasteiger partial charge in [-0.05, 0) is 42.5 Å². The van der Waals surface area contributed by atoms with E-state index in [1.165, 1.54) is 49.7 Å². The first kappa shape index (κ1) is 23.7. The third-order valence-corrected chi connectivity index (χ3v) is 5.06. The SMILES string of the molecule is COc1cc(Cl)cc(C=Nn2c(=O)[nH]c3ccccc3c2=O)c1OCC(=O)Nc1ccc(F)cc1. The van der Waals surface area contributed by atoms with Crippen LogP contribution in [0.25, 0.3) is 10.9 Å². The maximum absolute atomic E-state index is 13.1. The molecule has 0 aliphatic carbocycles. The molecule has 9 nitrogen and oxygen atoms in total. The fraction of sp³-hybridized carbons (Fsp3) is 0.0833. The van der Waals surface area contributed by atoms with Crippen molar-refractivity contribution in [1.82, 2.24) is 9.66 Å². The third-order valence-electron chi connectivity index (χ3n) is 4.84. The minimum atomic E-state index is -0.736. The highest BCUT2D eigenvalue weighted by Crippen LogP contribution is 2.34. The molecule has 0 bridgehead atoms. The Balaban J connectivity index is 1.63. The Bertz CT molecular complexity index is 1550. The maximum Gasteiger partial charge on any atom is 0.349 e. The first-order valence-electron chi connectivity index (χ1n) is 10.2. The van der Waals surface area contributed by atoms with Gasteiger partial charge >= 0.3 is 5.69 Å². The largest absolute Gasteiger partial charge is 0.493 e. The van der Waals surface area contributed by atoms with Crippen molar-refractivity contribution in [1.29, 1.82) is 0 Å². The molecule has 11 heteroatoms. The fourth-order valence-corrected chi connectivity index (χ4v) is 3.45. The highest BCUT2D eigenvalue weighted by Gasteiger charge is 2.15. The van der Waals surface area contributed by atoms with E-state index in [0.29, 0.717) is 15.9 Å². The summed E-state index contributed by atoms with van der Waals surface area (Å²) in [4.78, 5) is 40.0. The monoisotopic (exact) mass is 496 g/mol. The highest BCUT2D eigenvalue weighted by atomic mass is 35.5. The molecule has 0 aliphatic heterocycles. The summed E-state index contributed by atoms with van der Waals surface area (Å²) < 4.78 is 24.7. The zero-order valence-electron chi connectivity index (χ0n) is 18.2. The summed E-state index contributed by atoms with van der Waals surface area (Å²) in [6, 6.07) is 14.7. The summed E-state index contributed by atoms with van der Waals surface area (Å²) in [5, 5.41) is 7.14. The van der Waals surface area contributed by atoms with Crippen molar-refractivity contribution in [3.05, 3.63) is 97.9 Å². The van der Waals surface area contributed by atoms with Gasteiger partial charge in [0.2, 0.25) is 0 Å². The van der Waals surface area contributed by atoms with Crippen molar-refractivity contribution in [2.24, 2.45) is 5.10 Å². The molecule has 0 saturated carbocycles. The van der Waals surface area contributed by atoms with Crippen LogP contribution < -0.4 is 26.0 Å². The van der Waals surface area contributed by atoms with E-state index in [1.54, 1.807) is 24.3 Å². The lowest BCUT2D eigenvalue weighted by molar-refractivity contribution is -0.118. The van der Waals surface area contributed by atoms with E-state index in [1.807, 2.05) is 0 Å². The Kier molecular flexibility index (Phi) is 6.93. The Morgan fingerprint density at radius 3 is 2.66 bits per heavy atom. The quantitative estimate of drug-likeness (QED) is 0.381. The number of ether oxygens (including phenoxy) is 2. The summed E-state index contributed by atoms with van der Waals surface area (Å²) in [5.41, 5.74) is -0.325. The second kappa shape index (κ2) is 10.2. The number of aromatic nitrogens is 2. The average Bonchev–Trinajstić information content (AvgIpc) is 2.84. The van der Waals surface area contributed by atoms with Gasteiger partial charge in [-0.2, -0.15) is 5.10 Å². The zero-order valence-corrected chi connectivity index (χ0v) is 19.0. The lowest BCUT2D eigenvalue weighted by Crippen LogP contribution is -2.32. The first-order chi connectivity index (χ1) is 16.9. The Labute approximate surface area is 202 Å². The van der Waals surface area contributed by atoms with Crippen molar-refractivity contribution >= 4 is 40.3 Å². The number of carbonyl (C=O) groups is 1. The van der Waals surface area contributed by atoms with E-state index >= 15 is 0 Å². The van der Waals surface area contributed by atoms with E-state index in [0.717, 1.165) is 0 Å². The summed E-state index contributed by atoms with van der Waals surface area (Å²) in [6.45, 7) is -0.424. The number of hydrogen-bond acceptors (Lipinski definition) is 6. The average molecular weight is 497 g/mol. The van der Waals surface area contributed by atoms with E-state index in [9.17, 15) is 18.8 Å². The van der Waals surface area contributed by atoms with Gasteiger partial charge in [-0.15, -0.1) is 4.68 Å². The van der Waals surface area contributed by atoms with Crippen molar-refractivity contribution in [3.63, 3.8) is 0 Å². The van der Waals surface area contributed by atoms with E-state index in [2.05, 4.69) is 15.4 Å². The van der Waals surface area contributed by atoms with Crippen LogP contribution in [0.3, 0.4) is 0 Å². The number of amides is 1. The molecule has 0 atom stereocenters. The van der Waals surface area contributed by atoms with Crippen molar-refractivity contribution in [2.45, 2.75) is 0 Å². The number of fused-ring (bicyclic) bond motifs is 1. The van der Waals surface area contributed by atoms with Gasteiger partial charge in [-0.25, -0.2) is 9.18 Å². The molecule has 3 aromatic carbocycles. The standard InChI is InChI=1S/C24H18ClFN4O5/c1-34-20-11-15(25)10-14(22(20)35-13-21(31)28-17-8-6-16(26)7-9-17)12-27-30-23(32)18-4-2-3-5-19(18)29-24(30)33/h2-12H,13H2,1H3,(H,28,31)(H,29,33). The van der Waals surface area contributed by atoms with Gasteiger partial charge in [-0.3, -0.25) is 9.59 Å². The molecule has 0 aliphatic rings. The molecule has 4 aromatic rings. The van der Waals surface area contributed by atoms with Crippen LogP contribution >= 0.6 is 11.6 Å². The molecule has 1 aromatic heterocycles. The van der Waals surface area contributed by atoms with Crippen LogP contribution in [-0.4, -0.2) is 35.5 Å². The van der Waals surface area contributed by atoms with Crippen molar-refractivity contribution in [2.75, 3.05) is 19.0 Å². The third kappa shape index (κ3) is 5.39. The topological polar surface area (TPSA) is 115 Å². The minimum Gasteiger partial charge on any atom is -0.493 e. The zero-order chi connectivity index (χ0) is 24.9. The molecular formula is C24H18ClFN4O5. The number of H-pyrrole nitrogens is 1. The number of halogens is 2. The van der Waals surface area contributed by atoms with Gasteiger partial charge in [0.15, 0.2) is 18.1 Å². The summed E-state index contributed by atoms with van der Waals surface area (Å²) in [5.74, 6) is -0.634. The first-order valence-corrected chi connectivity index (χ1v) is 10.6. The predicted molar refractivity (Wildman–Crippen MR) is 130 cm³/mol. The van der Waals surface area contributed by atoms with Gasteiger partial charge in [-0.1, -0.05) is 23.7 Å². The van der Waals surface area contributed by atoms with Crippen LogP contribution in [-0.2, 0) is 4.79 Å². The van der Waals surface area contributed by atoms with Crippen molar-refractivity contribution < 1.29 is 18.7 Å². The molecule has 0 saturated heterocycles. The molecule has 0 radical (unpaired) electrons. The molecule has 2 N–H and O–H groups in total. The molecule has 4 rings (SSSR count). The minimum absolute atomic E-state index is 0.111. The molecule has 1 heterocycles. The number of hydrogen-bond donors (Lipinski definition) is 2. The van der Waals surface area contributed by atoms with Crippen LogP contribution in [0.4, 0.5) is 10.1 Å². The number of nitrogens with one attached hydrogen (secondary N) is 2. The maximum atomic E-state index is 13.1. The van der Waals surface area contributed by atoms with Crippen LogP contribution in [0.5, 0.6) is 11.5 Å². The lowest BCUT2D eigenvalue weighted by atomic mass is 10.2. The Morgan fingerprint density at radius 1 is 1.17 bits per heavy atom. The number of para-hydroxylation sites is 1.